The Morgan fingerprint density at radius 2 is 1.37 bits per heavy atom. The van der Waals surface area contributed by atoms with Crippen molar-refractivity contribution in [3.05, 3.63) is 89.0 Å². The van der Waals surface area contributed by atoms with Crippen LogP contribution >= 0.6 is 0 Å². The van der Waals surface area contributed by atoms with Gasteiger partial charge in [-0.2, -0.15) is 0 Å². The number of carbonyl (C=O) groups is 3. The van der Waals surface area contributed by atoms with E-state index in [1.54, 1.807) is 24.3 Å². The largest absolute Gasteiger partial charge is 0.457 e. The number of nitrogens with zero attached hydrogens (tertiary/aromatic N) is 1. The zero-order chi connectivity index (χ0) is 19.0. The highest BCUT2D eigenvalue weighted by molar-refractivity contribution is 6.34. The van der Waals surface area contributed by atoms with Crippen molar-refractivity contribution >= 4 is 23.8 Å². The van der Waals surface area contributed by atoms with Crippen LogP contribution < -0.4 is 9.64 Å². The molecule has 3 aromatic carbocycles. The Morgan fingerprint density at radius 1 is 0.778 bits per heavy atom. The van der Waals surface area contributed by atoms with E-state index in [1.807, 2.05) is 31.2 Å². The smallest absolute Gasteiger partial charge is 0.266 e. The first-order valence-electron chi connectivity index (χ1n) is 8.39. The van der Waals surface area contributed by atoms with Crippen molar-refractivity contribution in [1.29, 1.82) is 0 Å². The minimum atomic E-state index is -0.439. The molecule has 0 saturated carbocycles. The molecule has 0 bridgehead atoms. The predicted molar refractivity (Wildman–Crippen MR) is 101 cm³/mol. The van der Waals surface area contributed by atoms with Crippen molar-refractivity contribution in [3.63, 3.8) is 0 Å². The van der Waals surface area contributed by atoms with Crippen LogP contribution in [-0.4, -0.2) is 18.1 Å². The molecule has 27 heavy (non-hydrogen) atoms. The van der Waals surface area contributed by atoms with Crippen LogP contribution in [0, 0.1) is 6.92 Å². The standard InChI is InChI=1S/C22H15NO4/c1-14-2-7-17(8-3-14)27-18-9-5-16(6-10-18)23-21(25)19-11-4-15(13-24)12-20(19)22(23)26/h2-13H,1H3. The maximum Gasteiger partial charge on any atom is 0.266 e. The SMILES string of the molecule is Cc1ccc(Oc2ccc(N3C(=O)c4ccc(C=O)cc4C3=O)cc2)cc1. The van der Waals surface area contributed by atoms with Crippen LogP contribution in [0.5, 0.6) is 11.5 Å². The molecule has 0 unspecified atom stereocenters. The van der Waals surface area contributed by atoms with E-state index in [1.165, 1.54) is 18.2 Å². The van der Waals surface area contributed by atoms with Crippen LogP contribution in [0.3, 0.4) is 0 Å². The maximum atomic E-state index is 12.6. The Balaban J connectivity index is 1.59. The molecule has 0 radical (unpaired) electrons. The van der Waals surface area contributed by atoms with Gasteiger partial charge in [0.2, 0.25) is 0 Å². The third-order valence-corrected chi connectivity index (χ3v) is 4.40. The first-order chi connectivity index (χ1) is 13.1. The second kappa shape index (κ2) is 6.53. The molecule has 1 aliphatic rings. The summed E-state index contributed by atoms with van der Waals surface area (Å²) in [5.74, 6) is 0.462. The van der Waals surface area contributed by atoms with Crippen molar-refractivity contribution in [2.24, 2.45) is 0 Å². The molecule has 5 heteroatoms. The van der Waals surface area contributed by atoms with Gasteiger partial charge in [-0.1, -0.05) is 23.8 Å². The topological polar surface area (TPSA) is 63.7 Å². The molecule has 3 aromatic rings. The number of hydrogen-bond acceptors (Lipinski definition) is 4. The minimum Gasteiger partial charge on any atom is -0.457 e. The number of ether oxygens (including phenoxy) is 1. The second-order valence-electron chi connectivity index (χ2n) is 6.28. The predicted octanol–water partition coefficient (Wildman–Crippen LogP) is 4.40. The van der Waals surface area contributed by atoms with Gasteiger partial charge >= 0.3 is 0 Å². The lowest BCUT2D eigenvalue weighted by atomic mass is 10.1. The van der Waals surface area contributed by atoms with Crippen LogP contribution in [0.15, 0.2) is 66.7 Å². The van der Waals surface area contributed by atoms with Gasteiger partial charge in [0.05, 0.1) is 16.8 Å². The Labute approximate surface area is 155 Å². The zero-order valence-corrected chi connectivity index (χ0v) is 14.5. The lowest BCUT2D eigenvalue weighted by Crippen LogP contribution is -2.29. The molecule has 0 atom stereocenters. The molecule has 0 spiro atoms. The van der Waals surface area contributed by atoms with Gasteiger partial charge in [0, 0.05) is 5.56 Å². The van der Waals surface area contributed by atoms with E-state index in [0.717, 1.165) is 10.5 Å². The van der Waals surface area contributed by atoms with E-state index < -0.39 is 11.8 Å². The van der Waals surface area contributed by atoms with E-state index >= 15 is 0 Å². The van der Waals surface area contributed by atoms with Gasteiger partial charge < -0.3 is 4.74 Å². The minimum absolute atomic E-state index is 0.240. The fourth-order valence-electron chi connectivity index (χ4n) is 2.97. The van der Waals surface area contributed by atoms with E-state index in [4.69, 9.17) is 4.74 Å². The highest BCUT2D eigenvalue weighted by Crippen LogP contribution is 2.31. The second-order valence-corrected chi connectivity index (χ2v) is 6.28. The molecular weight excluding hydrogens is 342 g/mol. The summed E-state index contributed by atoms with van der Waals surface area (Å²) in [6.07, 6.45) is 0.651. The average molecular weight is 357 g/mol. The maximum absolute atomic E-state index is 12.6. The number of fused-ring (bicyclic) bond motifs is 1. The number of hydrogen-bond donors (Lipinski definition) is 0. The van der Waals surface area contributed by atoms with Gasteiger partial charge in [0.1, 0.15) is 17.8 Å². The first kappa shape index (κ1) is 16.7. The number of imide groups is 1. The van der Waals surface area contributed by atoms with Crippen LogP contribution in [0.2, 0.25) is 0 Å². The van der Waals surface area contributed by atoms with Gasteiger partial charge in [-0.3, -0.25) is 14.4 Å². The van der Waals surface area contributed by atoms with Crippen LogP contribution in [0.4, 0.5) is 5.69 Å². The summed E-state index contributed by atoms with van der Waals surface area (Å²) in [7, 11) is 0. The van der Waals surface area contributed by atoms with E-state index in [-0.39, 0.29) is 5.56 Å². The van der Waals surface area contributed by atoms with Crippen molar-refractivity contribution in [2.45, 2.75) is 6.92 Å². The van der Waals surface area contributed by atoms with E-state index in [0.29, 0.717) is 34.6 Å². The molecule has 2 amide bonds. The summed E-state index contributed by atoms with van der Waals surface area (Å²) in [6, 6.07) is 18.9. The Bertz CT molecular complexity index is 1050. The molecule has 0 N–H and O–H groups in total. The summed E-state index contributed by atoms with van der Waals surface area (Å²) in [4.78, 5) is 37.3. The van der Waals surface area contributed by atoms with Crippen LogP contribution in [0.25, 0.3) is 0 Å². The van der Waals surface area contributed by atoms with Crippen molar-refractivity contribution < 1.29 is 19.1 Å². The molecule has 0 fully saturated rings. The number of aryl methyl sites for hydroxylation is 1. The number of aldehydes is 1. The van der Waals surface area contributed by atoms with Gasteiger partial charge in [0.25, 0.3) is 11.8 Å². The highest BCUT2D eigenvalue weighted by Gasteiger charge is 2.36. The molecule has 1 heterocycles. The average Bonchev–Trinajstić information content (AvgIpc) is 2.94. The van der Waals surface area contributed by atoms with Gasteiger partial charge in [0.15, 0.2) is 0 Å². The van der Waals surface area contributed by atoms with Crippen LogP contribution in [-0.2, 0) is 0 Å². The molecule has 132 valence electrons. The van der Waals surface area contributed by atoms with Gasteiger partial charge in [-0.25, -0.2) is 4.90 Å². The molecule has 0 saturated heterocycles. The summed E-state index contributed by atoms with van der Waals surface area (Å²) in [6.45, 7) is 2.00. The zero-order valence-electron chi connectivity index (χ0n) is 14.5. The molecule has 5 nitrogen and oxygen atoms in total. The van der Waals surface area contributed by atoms with Gasteiger partial charge in [-0.15, -0.1) is 0 Å². The Hall–Kier alpha value is -3.73. The van der Waals surface area contributed by atoms with E-state index in [9.17, 15) is 14.4 Å². The summed E-state index contributed by atoms with van der Waals surface area (Å²) >= 11 is 0. The first-order valence-corrected chi connectivity index (χ1v) is 8.39. The molecular formula is C22H15NO4. The Morgan fingerprint density at radius 3 is 2.00 bits per heavy atom. The van der Waals surface area contributed by atoms with Gasteiger partial charge in [-0.05, 0) is 55.5 Å². The monoisotopic (exact) mass is 357 g/mol. The summed E-state index contributed by atoms with van der Waals surface area (Å²) in [5.41, 5.74) is 2.49. The number of carbonyl (C=O) groups excluding carboxylic acids is 3. The fraction of sp³-hybridized carbons (Fsp3) is 0.0455. The molecule has 1 aliphatic heterocycles. The van der Waals surface area contributed by atoms with Crippen molar-refractivity contribution in [3.8, 4) is 11.5 Å². The highest BCUT2D eigenvalue weighted by atomic mass is 16.5. The third-order valence-electron chi connectivity index (χ3n) is 4.40. The lowest BCUT2D eigenvalue weighted by molar-refractivity contribution is 0.0925. The number of anilines is 1. The number of benzene rings is 3. The third kappa shape index (κ3) is 3.00. The lowest BCUT2D eigenvalue weighted by Gasteiger charge is -2.14. The van der Waals surface area contributed by atoms with Crippen molar-refractivity contribution in [2.75, 3.05) is 4.90 Å². The fourth-order valence-corrected chi connectivity index (χ4v) is 2.97. The normalized spacial score (nSPS) is 12.9. The van der Waals surface area contributed by atoms with Crippen LogP contribution in [0.1, 0.15) is 36.6 Å². The summed E-state index contributed by atoms with van der Waals surface area (Å²) < 4.78 is 5.77. The Kier molecular flexibility index (Phi) is 4.05. The van der Waals surface area contributed by atoms with Crippen molar-refractivity contribution in [1.82, 2.24) is 0 Å². The molecule has 4 rings (SSSR count). The number of amides is 2. The molecule has 0 aromatic heterocycles. The number of rotatable bonds is 4. The quantitative estimate of drug-likeness (QED) is 0.513. The molecule has 0 aliphatic carbocycles. The summed E-state index contributed by atoms with van der Waals surface area (Å²) in [5, 5.41) is 0. The van der Waals surface area contributed by atoms with E-state index in [2.05, 4.69) is 0 Å².